The van der Waals surface area contributed by atoms with Crippen molar-refractivity contribution in [2.75, 3.05) is 0 Å². The van der Waals surface area contributed by atoms with Gasteiger partial charge in [0.25, 0.3) is 0 Å². The number of hydrogen-bond acceptors (Lipinski definition) is 2. The fourth-order valence-corrected chi connectivity index (χ4v) is 1.58. The number of halogens is 1. The van der Waals surface area contributed by atoms with E-state index in [1.165, 1.54) is 0 Å². The van der Waals surface area contributed by atoms with Gasteiger partial charge in [0.1, 0.15) is 0 Å². The first-order valence-electron chi connectivity index (χ1n) is 4.49. The van der Waals surface area contributed by atoms with Crippen LogP contribution in [0.25, 0.3) is 11.0 Å². The lowest BCUT2D eigenvalue weighted by Crippen LogP contribution is -2.23. The molecular weight excluding hydrogens is 198 g/mol. The van der Waals surface area contributed by atoms with Crippen LogP contribution in [0.1, 0.15) is 20.8 Å². The van der Waals surface area contributed by atoms with Crippen LogP contribution >= 0.6 is 11.6 Å². The molecule has 3 nitrogen and oxygen atoms in total. The zero-order valence-corrected chi connectivity index (χ0v) is 9.21. The molecule has 0 aliphatic heterocycles. The molecule has 0 aromatic carbocycles. The minimum absolute atomic E-state index is 0.0700. The summed E-state index contributed by atoms with van der Waals surface area (Å²) in [6.07, 6.45) is 3.46. The Morgan fingerprint density at radius 3 is 2.71 bits per heavy atom. The minimum Gasteiger partial charge on any atom is -0.242 e. The van der Waals surface area contributed by atoms with Gasteiger partial charge in [-0.15, -0.1) is 0 Å². The van der Waals surface area contributed by atoms with Crippen molar-refractivity contribution in [2.24, 2.45) is 0 Å². The monoisotopic (exact) mass is 209 g/mol. The molecule has 0 radical (unpaired) electrons. The second-order valence-electron chi connectivity index (χ2n) is 4.26. The van der Waals surface area contributed by atoms with Gasteiger partial charge in [0.05, 0.1) is 22.1 Å². The average molecular weight is 210 g/mol. The Labute approximate surface area is 87.7 Å². The van der Waals surface area contributed by atoms with Gasteiger partial charge >= 0.3 is 0 Å². The Morgan fingerprint density at radius 2 is 2.07 bits per heavy atom. The Morgan fingerprint density at radius 1 is 1.36 bits per heavy atom. The first-order valence-corrected chi connectivity index (χ1v) is 4.86. The van der Waals surface area contributed by atoms with Gasteiger partial charge in [-0.25, -0.2) is 9.67 Å². The largest absolute Gasteiger partial charge is 0.242 e. The van der Waals surface area contributed by atoms with E-state index in [1.807, 2.05) is 4.68 Å². The standard InChI is InChI=1S/C10H12ClN3/c1-10(2,3)14-9-7(6-13-14)8(11)4-5-12-9/h4-6H,1-3H3. The van der Waals surface area contributed by atoms with Crippen molar-refractivity contribution in [2.45, 2.75) is 26.3 Å². The summed E-state index contributed by atoms with van der Waals surface area (Å²) in [5.74, 6) is 0. The summed E-state index contributed by atoms with van der Waals surface area (Å²) in [6, 6.07) is 1.78. The molecule has 0 saturated heterocycles. The number of aromatic nitrogens is 3. The quantitative estimate of drug-likeness (QED) is 0.668. The smallest absolute Gasteiger partial charge is 0.159 e. The van der Waals surface area contributed by atoms with Gasteiger partial charge in [0.15, 0.2) is 5.65 Å². The van der Waals surface area contributed by atoms with E-state index in [9.17, 15) is 0 Å². The summed E-state index contributed by atoms with van der Waals surface area (Å²) >= 11 is 6.03. The van der Waals surface area contributed by atoms with E-state index in [4.69, 9.17) is 11.6 Å². The normalized spacial score (nSPS) is 12.3. The zero-order chi connectivity index (χ0) is 10.3. The van der Waals surface area contributed by atoms with Crippen LogP contribution in [-0.2, 0) is 5.54 Å². The molecule has 0 spiro atoms. The highest BCUT2D eigenvalue weighted by Gasteiger charge is 2.18. The molecule has 0 fully saturated rings. The second-order valence-corrected chi connectivity index (χ2v) is 4.66. The fourth-order valence-electron chi connectivity index (χ4n) is 1.39. The molecule has 2 aromatic heterocycles. The van der Waals surface area contributed by atoms with Crippen LogP contribution in [0.15, 0.2) is 18.5 Å². The number of hydrogen-bond donors (Lipinski definition) is 0. The van der Waals surface area contributed by atoms with E-state index in [0.29, 0.717) is 5.02 Å². The van der Waals surface area contributed by atoms with Gasteiger partial charge in [-0.05, 0) is 26.8 Å². The molecule has 0 saturated carbocycles. The van der Waals surface area contributed by atoms with Crippen molar-refractivity contribution < 1.29 is 0 Å². The van der Waals surface area contributed by atoms with Gasteiger partial charge in [-0.3, -0.25) is 0 Å². The predicted molar refractivity (Wildman–Crippen MR) is 57.5 cm³/mol. The molecule has 74 valence electrons. The highest BCUT2D eigenvalue weighted by atomic mass is 35.5. The fraction of sp³-hybridized carbons (Fsp3) is 0.400. The Hall–Kier alpha value is -1.09. The molecule has 2 aromatic rings. The van der Waals surface area contributed by atoms with Crippen LogP contribution in [0.2, 0.25) is 5.02 Å². The van der Waals surface area contributed by atoms with Gasteiger partial charge in [0.2, 0.25) is 0 Å². The van der Waals surface area contributed by atoms with Crippen molar-refractivity contribution in [3.05, 3.63) is 23.5 Å². The number of nitrogens with zero attached hydrogens (tertiary/aromatic N) is 3. The van der Waals surface area contributed by atoms with Crippen LogP contribution in [-0.4, -0.2) is 14.8 Å². The maximum absolute atomic E-state index is 6.03. The van der Waals surface area contributed by atoms with E-state index in [1.54, 1.807) is 18.5 Å². The van der Waals surface area contributed by atoms with Gasteiger partial charge in [-0.1, -0.05) is 11.6 Å². The molecule has 0 aliphatic rings. The summed E-state index contributed by atoms with van der Waals surface area (Å²) in [5.41, 5.74) is 0.768. The molecule has 0 N–H and O–H groups in total. The summed E-state index contributed by atoms with van der Waals surface area (Å²) in [7, 11) is 0. The van der Waals surface area contributed by atoms with E-state index in [-0.39, 0.29) is 5.54 Å². The Bertz CT molecular complexity index is 468. The van der Waals surface area contributed by atoms with Crippen molar-refractivity contribution in [1.82, 2.24) is 14.8 Å². The third-order valence-electron chi connectivity index (χ3n) is 2.05. The van der Waals surface area contributed by atoms with E-state index >= 15 is 0 Å². The van der Waals surface area contributed by atoms with Gasteiger partial charge in [-0.2, -0.15) is 5.10 Å². The molecular formula is C10H12ClN3. The van der Waals surface area contributed by atoms with Crippen LogP contribution in [0.3, 0.4) is 0 Å². The van der Waals surface area contributed by atoms with Crippen molar-refractivity contribution >= 4 is 22.6 Å². The van der Waals surface area contributed by atoms with Crippen LogP contribution in [0.4, 0.5) is 0 Å². The summed E-state index contributed by atoms with van der Waals surface area (Å²) in [4.78, 5) is 4.28. The predicted octanol–water partition coefficient (Wildman–Crippen LogP) is 2.84. The molecule has 2 rings (SSSR count). The first-order chi connectivity index (χ1) is 6.50. The van der Waals surface area contributed by atoms with Crippen LogP contribution < -0.4 is 0 Å². The van der Waals surface area contributed by atoms with E-state index in [0.717, 1.165) is 11.0 Å². The topological polar surface area (TPSA) is 30.7 Å². The second kappa shape index (κ2) is 2.95. The lowest BCUT2D eigenvalue weighted by Gasteiger charge is -2.19. The van der Waals surface area contributed by atoms with E-state index < -0.39 is 0 Å². The van der Waals surface area contributed by atoms with Crippen molar-refractivity contribution in [3.8, 4) is 0 Å². The molecule has 0 atom stereocenters. The number of rotatable bonds is 0. The van der Waals surface area contributed by atoms with Gasteiger partial charge < -0.3 is 0 Å². The Balaban J connectivity index is 2.76. The zero-order valence-electron chi connectivity index (χ0n) is 8.45. The maximum atomic E-state index is 6.03. The highest BCUT2D eigenvalue weighted by molar-refractivity contribution is 6.35. The molecule has 0 bridgehead atoms. The lowest BCUT2D eigenvalue weighted by atomic mass is 10.1. The molecule has 2 heterocycles. The molecule has 14 heavy (non-hydrogen) atoms. The third kappa shape index (κ3) is 1.38. The highest BCUT2D eigenvalue weighted by Crippen LogP contribution is 2.24. The van der Waals surface area contributed by atoms with Crippen LogP contribution in [0, 0.1) is 0 Å². The average Bonchev–Trinajstić information content (AvgIpc) is 2.47. The third-order valence-corrected chi connectivity index (χ3v) is 2.38. The van der Waals surface area contributed by atoms with Crippen LogP contribution in [0.5, 0.6) is 0 Å². The first kappa shape index (κ1) is 9.46. The molecule has 4 heteroatoms. The number of fused-ring (bicyclic) bond motifs is 1. The molecule has 0 amide bonds. The Kier molecular flexibility index (Phi) is 2.00. The van der Waals surface area contributed by atoms with Gasteiger partial charge in [0, 0.05) is 6.20 Å². The summed E-state index contributed by atoms with van der Waals surface area (Å²) in [6.45, 7) is 6.26. The maximum Gasteiger partial charge on any atom is 0.159 e. The van der Waals surface area contributed by atoms with Crippen molar-refractivity contribution in [1.29, 1.82) is 0 Å². The van der Waals surface area contributed by atoms with Crippen molar-refractivity contribution in [3.63, 3.8) is 0 Å². The molecule has 0 unspecified atom stereocenters. The number of pyridine rings is 1. The summed E-state index contributed by atoms with van der Waals surface area (Å²) < 4.78 is 1.88. The van der Waals surface area contributed by atoms with E-state index in [2.05, 4.69) is 30.9 Å². The minimum atomic E-state index is -0.0700. The lowest BCUT2D eigenvalue weighted by molar-refractivity contribution is 0.366. The summed E-state index contributed by atoms with van der Waals surface area (Å²) in [5, 5.41) is 5.90. The molecule has 0 aliphatic carbocycles. The SMILES string of the molecule is CC(C)(C)n1ncc2c(Cl)ccnc21.